The summed E-state index contributed by atoms with van der Waals surface area (Å²) in [5.41, 5.74) is -0.433. The van der Waals surface area contributed by atoms with Crippen molar-refractivity contribution in [2.45, 2.75) is 38.8 Å². The highest BCUT2D eigenvalue weighted by molar-refractivity contribution is 7.48. The summed E-state index contributed by atoms with van der Waals surface area (Å²) in [4.78, 5) is 37.8. The minimum atomic E-state index is -4.03. The van der Waals surface area contributed by atoms with E-state index in [0.29, 0.717) is 12.2 Å². The van der Waals surface area contributed by atoms with Gasteiger partial charge >= 0.3 is 13.8 Å². The number of carbonyl (C=O) groups is 3. The van der Waals surface area contributed by atoms with Crippen molar-refractivity contribution in [3.8, 4) is 5.75 Å². The standard InChI is InChI=1S/C20H25N2O9P/c1-3-29-32(27,30-4-2)31-15-11-10-14-17(19(24)22(14)18(15)20(25)26)21-16(23)12-28-13-8-6-5-7-9-13/h5-9,14,17H,3-4,10-12H2,1-2H3,(H,21,23)(H,25,26)/t14-,17+/m1/s1. The van der Waals surface area contributed by atoms with E-state index in [9.17, 15) is 24.1 Å². The lowest BCUT2D eigenvalue weighted by molar-refractivity contribution is -0.156. The molecular weight excluding hydrogens is 443 g/mol. The number of carbonyl (C=O) groups excluding carboxylic acids is 2. The van der Waals surface area contributed by atoms with Gasteiger partial charge in [-0.3, -0.25) is 23.5 Å². The fourth-order valence-electron chi connectivity index (χ4n) is 3.54. The summed E-state index contributed by atoms with van der Waals surface area (Å²) in [7, 11) is -4.03. The molecule has 0 unspecified atom stereocenters. The number of hydrogen-bond acceptors (Lipinski definition) is 8. The molecule has 1 saturated heterocycles. The first-order chi connectivity index (χ1) is 15.3. The number of para-hydroxylation sites is 1. The van der Waals surface area contributed by atoms with Crippen LogP contribution in [-0.4, -0.2) is 59.7 Å². The topological polar surface area (TPSA) is 141 Å². The second-order valence-electron chi connectivity index (χ2n) is 6.91. The second kappa shape index (κ2) is 10.2. The van der Waals surface area contributed by atoms with Gasteiger partial charge in [-0.2, -0.15) is 0 Å². The molecule has 2 amide bonds. The Morgan fingerprint density at radius 1 is 1.19 bits per heavy atom. The number of aliphatic carboxylic acids is 1. The molecule has 0 spiro atoms. The van der Waals surface area contributed by atoms with Gasteiger partial charge in [0, 0.05) is 6.42 Å². The summed E-state index contributed by atoms with van der Waals surface area (Å²) in [6, 6.07) is 7.27. The van der Waals surface area contributed by atoms with Crippen molar-refractivity contribution < 1.29 is 42.4 Å². The van der Waals surface area contributed by atoms with Gasteiger partial charge in [0.1, 0.15) is 17.6 Å². The summed E-state index contributed by atoms with van der Waals surface area (Å²) < 4.78 is 33.5. The zero-order valence-corrected chi connectivity index (χ0v) is 18.6. The first-order valence-corrected chi connectivity index (χ1v) is 11.6. The molecule has 32 heavy (non-hydrogen) atoms. The van der Waals surface area contributed by atoms with Crippen LogP contribution < -0.4 is 10.1 Å². The molecule has 2 heterocycles. The van der Waals surface area contributed by atoms with Gasteiger partial charge in [0.05, 0.1) is 19.3 Å². The molecule has 2 N–H and O–H groups in total. The Kier molecular flexibility index (Phi) is 7.55. The van der Waals surface area contributed by atoms with Crippen molar-refractivity contribution >= 4 is 25.6 Å². The lowest BCUT2D eigenvalue weighted by Gasteiger charge is -2.49. The fraction of sp³-hybridized carbons (Fsp3) is 0.450. The van der Waals surface area contributed by atoms with E-state index < -0.39 is 43.4 Å². The summed E-state index contributed by atoms with van der Waals surface area (Å²) in [5.74, 6) is -2.19. The molecule has 0 radical (unpaired) electrons. The number of allylic oxidation sites excluding steroid dienone is 1. The van der Waals surface area contributed by atoms with E-state index in [2.05, 4.69) is 5.32 Å². The number of nitrogens with one attached hydrogen (secondary N) is 1. The number of amides is 2. The van der Waals surface area contributed by atoms with Crippen LogP contribution in [0.4, 0.5) is 0 Å². The minimum absolute atomic E-state index is 0.0252. The largest absolute Gasteiger partial charge is 0.529 e. The van der Waals surface area contributed by atoms with Crippen molar-refractivity contribution in [3.63, 3.8) is 0 Å². The van der Waals surface area contributed by atoms with E-state index in [0.717, 1.165) is 4.90 Å². The SMILES string of the molecule is CCOP(=O)(OCC)OC1=C(C(=O)O)N2C(=O)[C@@H](NC(=O)COc3ccccc3)[C@H]2CC1. The maximum Gasteiger partial charge on any atom is 0.529 e. The van der Waals surface area contributed by atoms with Crippen LogP contribution in [-0.2, 0) is 32.5 Å². The maximum atomic E-state index is 12.7. The minimum Gasteiger partial charge on any atom is -0.484 e. The van der Waals surface area contributed by atoms with Crippen molar-refractivity contribution in [2.24, 2.45) is 0 Å². The number of phosphoric acid groups is 1. The van der Waals surface area contributed by atoms with Gasteiger partial charge in [0.2, 0.25) is 0 Å². The molecule has 2 atom stereocenters. The predicted octanol–water partition coefficient (Wildman–Crippen LogP) is 2.05. The van der Waals surface area contributed by atoms with Crippen molar-refractivity contribution in [2.75, 3.05) is 19.8 Å². The normalized spacial score (nSPS) is 20.3. The number of hydrogen-bond donors (Lipinski definition) is 2. The number of carboxylic acid groups (broad SMARTS) is 1. The van der Waals surface area contributed by atoms with Crippen LogP contribution in [0.5, 0.6) is 5.75 Å². The van der Waals surface area contributed by atoms with Crippen molar-refractivity contribution in [1.29, 1.82) is 0 Å². The third kappa shape index (κ3) is 5.12. The van der Waals surface area contributed by atoms with E-state index in [1.54, 1.807) is 38.1 Å². The van der Waals surface area contributed by atoms with Crippen molar-refractivity contribution in [1.82, 2.24) is 10.2 Å². The lowest BCUT2D eigenvalue weighted by atomic mass is 9.86. The Hall–Kier alpha value is -2.88. The number of phosphoric ester groups is 1. The van der Waals surface area contributed by atoms with E-state index in [1.807, 2.05) is 6.07 Å². The molecule has 0 saturated carbocycles. The molecular formula is C20H25N2O9P. The van der Waals surface area contributed by atoms with Gasteiger partial charge in [0.25, 0.3) is 11.8 Å². The van der Waals surface area contributed by atoms with Crippen LogP contribution in [0.2, 0.25) is 0 Å². The molecule has 0 aromatic heterocycles. The Balaban J connectivity index is 1.68. The molecule has 3 rings (SSSR count). The Morgan fingerprint density at radius 2 is 1.84 bits per heavy atom. The molecule has 0 bridgehead atoms. The summed E-state index contributed by atoms with van der Waals surface area (Å²) in [5, 5.41) is 12.3. The van der Waals surface area contributed by atoms with Crippen LogP contribution >= 0.6 is 7.82 Å². The molecule has 12 heteroatoms. The molecule has 1 fully saturated rings. The number of benzene rings is 1. The maximum absolute atomic E-state index is 12.7. The molecule has 2 aliphatic rings. The Labute approximate surface area is 184 Å². The Morgan fingerprint density at radius 3 is 2.44 bits per heavy atom. The molecule has 2 aliphatic heterocycles. The zero-order valence-electron chi connectivity index (χ0n) is 17.7. The number of fused-ring (bicyclic) bond motifs is 1. The fourth-order valence-corrected chi connectivity index (χ4v) is 4.80. The van der Waals surface area contributed by atoms with Gasteiger partial charge in [0.15, 0.2) is 12.3 Å². The average Bonchev–Trinajstić information content (AvgIpc) is 2.76. The zero-order chi connectivity index (χ0) is 23.3. The van der Waals surface area contributed by atoms with E-state index in [-0.39, 0.29) is 32.0 Å². The van der Waals surface area contributed by atoms with E-state index >= 15 is 0 Å². The first kappa shape index (κ1) is 23.8. The molecule has 1 aromatic carbocycles. The van der Waals surface area contributed by atoms with Crippen LogP contribution in [0.3, 0.4) is 0 Å². The summed E-state index contributed by atoms with van der Waals surface area (Å²) in [6.45, 7) is 2.94. The monoisotopic (exact) mass is 468 g/mol. The van der Waals surface area contributed by atoms with Gasteiger partial charge in [-0.1, -0.05) is 18.2 Å². The van der Waals surface area contributed by atoms with Crippen LogP contribution in [0, 0.1) is 0 Å². The molecule has 174 valence electrons. The van der Waals surface area contributed by atoms with Gasteiger partial charge in [-0.05, 0) is 32.4 Å². The number of nitrogens with zero attached hydrogens (tertiary/aromatic N) is 1. The highest BCUT2D eigenvalue weighted by Gasteiger charge is 2.54. The van der Waals surface area contributed by atoms with Gasteiger partial charge in [-0.25, -0.2) is 9.36 Å². The van der Waals surface area contributed by atoms with E-state index in [4.69, 9.17) is 18.3 Å². The third-order valence-corrected chi connectivity index (χ3v) is 6.41. The lowest BCUT2D eigenvalue weighted by Crippen LogP contribution is -2.72. The Bertz CT molecular complexity index is 940. The predicted molar refractivity (Wildman–Crippen MR) is 110 cm³/mol. The first-order valence-electron chi connectivity index (χ1n) is 10.1. The number of rotatable bonds is 11. The number of β-lactam (4-membered cyclic amide) rings is 1. The van der Waals surface area contributed by atoms with Gasteiger partial charge < -0.3 is 19.7 Å². The number of carboxylic acids is 1. The van der Waals surface area contributed by atoms with Crippen LogP contribution in [0.15, 0.2) is 41.8 Å². The highest BCUT2D eigenvalue weighted by atomic mass is 31.2. The quantitative estimate of drug-likeness (QED) is 0.369. The number of ether oxygens (including phenoxy) is 1. The second-order valence-corrected chi connectivity index (χ2v) is 8.51. The molecule has 0 aliphatic carbocycles. The average molecular weight is 468 g/mol. The van der Waals surface area contributed by atoms with E-state index in [1.165, 1.54) is 0 Å². The van der Waals surface area contributed by atoms with Gasteiger partial charge in [-0.15, -0.1) is 0 Å². The third-order valence-electron chi connectivity index (χ3n) is 4.82. The van der Waals surface area contributed by atoms with Crippen LogP contribution in [0.25, 0.3) is 0 Å². The van der Waals surface area contributed by atoms with Crippen LogP contribution in [0.1, 0.15) is 26.7 Å². The smallest absolute Gasteiger partial charge is 0.484 e. The highest BCUT2D eigenvalue weighted by Crippen LogP contribution is 2.53. The summed E-state index contributed by atoms with van der Waals surface area (Å²) in [6.07, 6.45) is 0.369. The summed E-state index contributed by atoms with van der Waals surface area (Å²) >= 11 is 0. The molecule has 11 nitrogen and oxygen atoms in total. The molecule has 1 aromatic rings. The van der Waals surface area contributed by atoms with Crippen molar-refractivity contribution in [3.05, 3.63) is 41.8 Å².